The van der Waals surface area contributed by atoms with Gasteiger partial charge in [0, 0.05) is 51.0 Å². The number of piperazine rings is 1. The lowest BCUT2D eigenvalue weighted by Gasteiger charge is -2.35. The van der Waals surface area contributed by atoms with Gasteiger partial charge in [0.15, 0.2) is 0 Å². The van der Waals surface area contributed by atoms with Crippen LogP contribution in [0.4, 0.5) is 5.82 Å². The molecule has 0 radical (unpaired) electrons. The number of anilines is 1. The van der Waals surface area contributed by atoms with Crippen LogP contribution in [0.3, 0.4) is 0 Å². The third-order valence-corrected chi connectivity index (χ3v) is 3.74. The number of amides is 1. The van der Waals surface area contributed by atoms with E-state index in [4.69, 9.17) is 0 Å². The molecule has 0 saturated carbocycles. The van der Waals surface area contributed by atoms with Crippen LogP contribution in [-0.4, -0.2) is 60.5 Å². The van der Waals surface area contributed by atoms with Gasteiger partial charge < -0.3 is 10.2 Å². The molecule has 2 rings (SSSR count). The van der Waals surface area contributed by atoms with E-state index in [1.54, 1.807) is 0 Å². The number of hydrogen-bond acceptors (Lipinski definition) is 4. The number of nitrogens with one attached hydrogen (secondary N) is 1. The topological polar surface area (TPSA) is 48.5 Å². The molecule has 5 heteroatoms. The van der Waals surface area contributed by atoms with E-state index in [1.165, 1.54) is 0 Å². The average Bonchev–Trinajstić information content (AvgIpc) is 2.46. The largest absolute Gasteiger partial charge is 0.373 e. The summed E-state index contributed by atoms with van der Waals surface area (Å²) in [5, 5.41) is 3.00. The zero-order valence-corrected chi connectivity index (χ0v) is 13.5. The highest BCUT2D eigenvalue weighted by molar-refractivity contribution is 5.95. The van der Waals surface area contributed by atoms with E-state index >= 15 is 0 Å². The third kappa shape index (κ3) is 4.17. The maximum absolute atomic E-state index is 12.6. The quantitative estimate of drug-likeness (QED) is 0.919. The molecule has 0 unspecified atom stereocenters. The Bertz CT molecular complexity index is 493. The van der Waals surface area contributed by atoms with Crippen molar-refractivity contribution in [3.8, 4) is 0 Å². The van der Waals surface area contributed by atoms with Gasteiger partial charge in [-0.2, -0.15) is 0 Å². The van der Waals surface area contributed by atoms with Gasteiger partial charge in [0.05, 0.1) is 0 Å². The minimum Gasteiger partial charge on any atom is -0.373 e. The molecule has 2 heterocycles. The number of carbonyl (C=O) groups excluding carboxylic acids is 1. The zero-order chi connectivity index (χ0) is 15.4. The smallest absolute Gasteiger partial charge is 0.254 e. The molecule has 0 bridgehead atoms. The second kappa shape index (κ2) is 6.89. The Morgan fingerprint density at radius 1 is 1.29 bits per heavy atom. The first-order valence-corrected chi connectivity index (χ1v) is 7.67. The van der Waals surface area contributed by atoms with Crippen LogP contribution in [0, 0.1) is 12.8 Å². The highest BCUT2D eigenvalue weighted by atomic mass is 16.2. The molecule has 0 spiro atoms. The number of pyridine rings is 1. The van der Waals surface area contributed by atoms with Crippen molar-refractivity contribution in [2.24, 2.45) is 5.92 Å². The van der Waals surface area contributed by atoms with Crippen molar-refractivity contribution in [1.29, 1.82) is 0 Å². The number of hydrogen-bond donors (Lipinski definition) is 1. The molecule has 5 nitrogen and oxygen atoms in total. The van der Waals surface area contributed by atoms with Gasteiger partial charge in [-0.05, 0) is 25.0 Å². The highest BCUT2D eigenvalue weighted by Crippen LogP contribution is 2.14. The van der Waals surface area contributed by atoms with Crippen LogP contribution in [0.15, 0.2) is 12.1 Å². The number of nitrogens with zero attached hydrogens (tertiary/aromatic N) is 3. The molecule has 1 amide bonds. The average molecular weight is 290 g/mol. The molecule has 1 fully saturated rings. The standard InChI is InChI=1S/C16H26N4O/c1-12(2)11-19-5-7-20(8-6-19)16(21)14-9-13(3)18-15(10-14)17-4/h9-10,12H,5-8,11H2,1-4H3,(H,17,18). The van der Waals surface area contributed by atoms with Crippen molar-refractivity contribution < 1.29 is 4.79 Å². The van der Waals surface area contributed by atoms with Gasteiger partial charge in [-0.1, -0.05) is 13.8 Å². The monoisotopic (exact) mass is 290 g/mol. The van der Waals surface area contributed by atoms with E-state index in [9.17, 15) is 4.79 Å². The summed E-state index contributed by atoms with van der Waals surface area (Å²) in [5.74, 6) is 1.53. The Balaban J connectivity index is 2.00. The maximum atomic E-state index is 12.6. The van der Waals surface area contributed by atoms with Crippen LogP contribution < -0.4 is 5.32 Å². The minimum absolute atomic E-state index is 0.112. The zero-order valence-electron chi connectivity index (χ0n) is 13.5. The van der Waals surface area contributed by atoms with Crippen molar-refractivity contribution in [3.63, 3.8) is 0 Å². The second-order valence-electron chi connectivity index (χ2n) is 6.12. The Kier molecular flexibility index (Phi) is 5.17. The van der Waals surface area contributed by atoms with Gasteiger partial charge in [-0.25, -0.2) is 4.98 Å². The van der Waals surface area contributed by atoms with Gasteiger partial charge in [-0.3, -0.25) is 9.69 Å². The summed E-state index contributed by atoms with van der Waals surface area (Å²) in [5.41, 5.74) is 1.59. The van der Waals surface area contributed by atoms with Crippen LogP contribution in [0.25, 0.3) is 0 Å². The first-order chi connectivity index (χ1) is 9.99. The summed E-state index contributed by atoms with van der Waals surface area (Å²) < 4.78 is 0. The predicted molar refractivity (Wildman–Crippen MR) is 85.7 cm³/mol. The van der Waals surface area contributed by atoms with Gasteiger partial charge in [0.2, 0.25) is 0 Å². The lowest BCUT2D eigenvalue weighted by Crippen LogP contribution is -2.49. The van der Waals surface area contributed by atoms with E-state index in [1.807, 2.05) is 31.0 Å². The molecule has 0 aromatic carbocycles. The van der Waals surface area contributed by atoms with Crippen LogP contribution in [-0.2, 0) is 0 Å². The van der Waals surface area contributed by atoms with Crippen LogP contribution in [0.5, 0.6) is 0 Å². The van der Waals surface area contributed by atoms with E-state index in [2.05, 4.69) is 29.0 Å². The number of carbonyl (C=O) groups is 1. The molecule has 21 heavy (non-hydrogen) atoms. The van der Waals surface area contributed by atoms with Gasteiger partial charge >= 0.3 is 0 Å². The second-order valence-corrected chi connectivity index (χ2v) is 6.12. The Hall–Kier alpha value is -1.62. The minimum atomic E-state index is 0.112. The van der Waals surface area contributed by atoms with E-state index in [0.29, 0.717) is 5.92 Å². The first kappa shape index (κ1) is 15.8. The summed E-state index contributed by atoms with van der Waals surface area (Å²) in [6, 6.07) is 3.69. The van der Waals surface area contributed by atoms with Crippen LogP contribution in [0.1, 0.15) is 29.9 Å². The fourth-order valence-corrected chi connectivity index (χ4v) is 2.75. The normalized spacial score (nSPS) is 16.3. The maximum Gasteiger partial charge on any atom is 0.254 e. The molecule has 1 aromatic heterocycles. The molecule has 1 aliphatic heterocycles. The van der Waals surface area contributed by atoms with Crippen molar-refractivity contribution >= 4 is 11.7 Å². The number of aromatic nitrogens is 1. The van der Waals surface area contributed by atoms with Gasteiger partial charge in [-0.15, -0.1) is 0 Å². The Morgan fingerprint density at radius 3 is 2.52 bits per heavy atom. The third-order valence-electron chi connectivity index (χ3n) is 3.74. The molecular weight excluding hydrogens is 264 g/mol. The summed E-state index contributed by atoms with van der Waals surface area (Å²) in [7, 11) is 1.82. The molecule has 1 aromatic rings. The van der Waals surface area contributed by atoms with Crippen molar-refractivity contribution in [2.45, 2.75) is 20.8 Å². The lowest BCUT2D eigenvalue weighted by atomic mass is 10.1. The molecule has 0 atom stereocenters. The van der Waals surface area contributed by atoms with Crippen LogP contribution in [0.2, 0.25) is 0 Å². The van der Waals surface area contributed by atoms with Gasteiger partial charge in [0.25, 0.3) is 5.91 Å². The molecule has 1 saturated heterocycles. The summed E-state index contributed by atoms with van der Waals surface area (Å²) in [6.07, 6.45) is 0. The molecule has 1 aliphatic rings. The lowest BCUT2D eigenvalue weighted by molar-refractivity contribution is 0.0623. The molecular formula is C16H26N4O. The Morgan fingerprint density at radius 2 is 1.95 bits per heavy atom. The van der Waals surface area contributed by atoms with Gasteiger partial charge in [0.1, 0.15) is 5.82 Å². The fraction of sp³-hybridized carbons (Fsp3) is 0.625. The van der Waals surface area contributed by atoms with E-state index in [-0.39, 0.29) is 5.91 Å². The van der Waals surface area contributed by atoms with Crippen molar-refractivity contribution in [1.82, 2.24) is 14.8 Å². The molecule has 116 valence electrons. The summed E-state index contributed by atoms with van der Waals surface area (Å²) in [6.45, 7) is 11.0. The highest BCUT2D eigenvalue weighted by Gasteiger charge is 2.22. The first-order valence-electron chi connectivity index (χ1n) is 7.67. The Labute approximate surface area is 127 Å². The molecule has 0 aliphatic carbocycles. The predicted octanol–water partition coefficient (Wildman–Crippen LogP) is 1.85. The SMILES string of the molecule is CNc1cc(C(=O)N2CCN(CC(C)C)CC2)cc(C)n1. The summed E-state index contributed by atoms with van der Waals surface area (Å²) in [4.78, 5) is 21.3. The number of aryl methyl sites for hydroxylation is 1. The fourth-order valence-electron chi connectivity index (χ4n) is 2.75. The molecule has 1 N–H and O–H groups in total. The number of rotatable bonds is 4. The van der Waals surface area contributed by atoms with E-state index in [0.717, 1.165) is 49.8 Å². The van der Waals surface area contributed by atoms with Crippen LogP contribution >= 0.6 is 0 Å². The summed E-state index contributed by atoms with van der Waals surface area (Å²) >= 11 is 0. The van der Waals surface area contributed by atoms with E-state index < -0.39 is 0 Å². The van der Waals surface area contributed by atoms with Crippen molar-refractivity contribution in [3.05, 3.63) is 23.4 Å². The van der Waals surface area contributed by atoms with Crippen molar-refractivity contribution in [2.75, 3.05) is 45.1 Å².